The molecular weight excluding hydrogens is 462 g/mol. The van der Waals surface area contributed by atoms with Gasteiger partial charge in [0.05, 0.1) is 6.54 Å². The van der Waals surface area contributed by atoms with Gasteiger partial charge in [-0.1, -0.05) is 24.3 Å². The van der Waals surface area contributed by atoms with Gasteiger partial charge in [-0.15, -0.1) is 11.3 Å². The minimum absolute atomic E-state index is 0.0217. The number of rotatable bonds is 7. The van der Waals surface area contributed by atoms with Gasteiger partial charge in [-0.05, 0) is 47.8 Å². The number of para-hydroxylation sites is 1. The molecule has 33 heavy (non-hydrogen) atoms. The summed E-state index contributed by atoms with van der Waals surface area (Å²) in [6.07, 6.45) is 0. The zero-order chi connectivity index (χ0) is 23.3. The summed E-state index contributed by atoms with van der Waals surface area (Å²) in [5, 5.41) is 4.12. The Morgan fingerprint density at radius 3 is 2.18 bits per heavy atom. The second-order valence-electron chi connectivity index (χ2n) is 7.43. The zero-order valence-corrected chi connectivity index (χ0v) is 19.3. The van der Waals surface area contributed by atoms with Crippen molar-refractivity contribution in [3.63, 3.8) is 0 Å². The molecule has 0 bridgehead atoms. The summed E-state index contributed by atoms with van der Waals surface area (Å²) in [7, 11) is -3.49. The lowest BCUT2D eigenvalue weighted by molar-refractivity contribution is -0.121. The molecule has 3 aromatic rings. The summed E-state index contributed by atoms with van der Waals surface area (Å²) in [5.74, 6) is 0.344. The summed E-state index contributed by atoms with van der Waals surface area (Å²) in [5.41, 5.74) is 0.343. The standard InChI is InChI=1S/C23H23N3O5S2/c27-21(17-25-12-14-26(15-13-25)33(29,30)22-7-4-16-32-22)24-23(28)18-8-10-20(11-9-18)31-19-5-2-1-3-6-19/h1-11,16H,12-15,17H2,(H,24,27,28). The van der Waals surface area contributed by atoms with Crippen LogP contribution in [0.4, 0.5) is 0 Å². The van der Waals surface area contributed by atoms with Gasteiger partial charge >= 0.3 is 0 Å². The molecule has 2 amide bonds. The van der Waals surface area contributed by atoms with Crippen LogP contribution in [-0.4, -0.2) is 62.2 Å². The lowest BCUT2D eigenvalue weighted by Crippen LogP contribution is -2.51. The molecule has 0 unspecified atom stereocenters. The second-order valence-corrected chi connectivity index (χ2v) is 10.5. The molecule has 0 atom stereocenters. The maximum Gasteiger partial charge on any atom is 0.257 e. The number of piperazine rings is 1. The molecule has 0 aliphatic carbocycles. The number of carbonyl (C=O) groups excluding carboxylic acids is 2. The van der Waals surface area contributed by atoms with Crippen molar-refractivity contribution in [2.24, 2.45) is 0 Å². The third kappa shape index (κ3) is 5.85. The smallest absolute Gasteiger partial charge is 0.257 e. The van der Waals surface area contributed by atoms with Gasteiger partial charge in [0.2, 0.25) is 5.91 Å². The quantitative estimate of drug-likeness (QED) is 0.553. The van der Waals surface area contributed by atoms with Gasteiger partial charge in [0.1, 0.15) is 15.7 Å². The molecule has 1 fully saturated rings. The molecule has 1 aromatic heterocycles. The fourth-order valence-electron chi connectivity index (χ4n) is 3.41. The SMILES string of the molecule is O=C(CN1CCN(S(=O)(=O)c2cccs2)CC1)NC(=O)c1ccc(Oc2ccccc2)cc1. The monoisotopic (exact) mass is 485 g/mol. The number of imide groups is 1. The van der Waals surface area contributed by atoms with Crippen molar-refractivity contribution in [1.29, 1.82) is 0 Å². The number of amides is 2. The molecule has 0 spiro atoms. The van der Waals surface area contributed by atoms with Gasteiger partial charge in [0.25, 0.3) is 15.9 Å². The van der Waals surface area contributed by atoms with Crippen molar-refractivity contribution < 1.29 is 22.7 Å². The average Bonchev–Trinajstić information content (AvgIpc) is 3.37. The van der Waals surface area contributed by atoms with E-state index in [4.69, 9.17) is 4.74 Å². The Morgan fingerprint density at radius 2 is 1.55 bits per heavy atom. The highest BCUT2D eigenvalue weighted by Gasteiger charge is 2.29. The summed E-state index contributed by atoms with van der Waals surface area (Å²) >= 11 is 1.19. The van der Waals surface area contributed by atoms with Crippen molar-refractivity contribution in [3.8, 4) is 11.5 Å². The van der Waals surface area contributed by atoms with Crippen molar-refractivity contribution in [2.75, 3.05) is 32.7 Å². The van der Waals surface area contributed by atoms with Crippen LogP contribution in [0.25, 0.3) is 0 Å². The predicted molar refractivity (Wildman–Crippen MR) is 125 cm³/mol. The largest absolute Gasteiger partial charge is 0.457 e. The van der Waals surface area contributed by atoms with Crippen LogP contribution in [0.15, 0.2) is 76.3 Å². The van der Waals surface area contributed by atoms with Gasteiger partial charge in [0, 0.05) is 31.7 Å². The second kappa shape index (κ2) is 10.3. The molecule has 10 heteroatoms. The zero-order valence-electron chi connectivity index (χ0n) is 17.7. The Morgan fingerprint density at radius 1 is 0.879 bits per heavy atom. The van der Waals surface area contributed by atoms with Crippen LogP contribution in [0.3, 0.4) is 0 Å². The number of nitrogens with zero attached hydrogens (tertiary/aromatic N) is 2. The summed E-state index contributed by atoms with van der Waals surface area (Å²) < 4.78 is 32.6. The van der Waals surface area contributed by atoms with Crippen LogP contribution < -0.4 is 10.1 Å². The number of hydrogen-bond acceptors (Lipinski definition) is 7. The van der Waals surface area contributed by atoms with Crippen LogP contribution >= 0.6 is 11.3 Å². The molecular formula is C23H23N3O5S2. The van der Waals surface area contributed by atoms with Crippen LogP contribution in [0.2, 0.25) is 0 Å². The van der Waals surface area contributed by atoms with Crippen molar-refractivity contribution in [1.82, 2.24) is 14.5 Å². The molecule has 2 aromatic carbocycles. The molecule has 1 saturated heterocycles. The van der Waals surface area contributed by atoms with Crippen LogP contribution in [0.5, 0.6) is 11.5 Å². The fourth-order valence-corrected chi connectivity index (χ4v) is 5.97. The first kappa shape index (κ1) is 23.1. The minimum Gasteiger partial charge on any atom is -0.457 e. The number of ether oxygens (including phenoxy) is 1. The maximum atomic E-state index is 12.6. The van der Waals surface area contributed by atoms with E-state index in [1.165, 1.54) is 15.6 Å². The van der Waals surface area contributed by atoms with E-state index in [0.29, 0.717) is 47.5 Å². The lowest BCUT2D eigenvalue weighted by Gasteiger charge is -2.33. The maximum absolute atomic E-state index is 12.6. The Balaban J connectivity index is 1.25. The van der Waals surface area contributed by atoms with Gasteiger partial charge in [-0.3, -0.25) is 19.8 Å². The summed E-state index contributed by atoms with van der Waals surface area (Å²) in [4.78, 5) is 26.6. The average molecular weight is 486 g/mol. The molecule has 8 nitrogen and oxygen atoms in total. The highest BCUT2D eigenvalue weighted by molar-refractivity contribution is 7.91. The Labute approximate surface area is 196 Å². The molecule has 1 N–H and O–H groups in total. The van der Waals surface area contributed by atoms with E-state index in [0.717, 1.165) is 0 Å². The van der Waals surface area contributed by atoms with Crippen LogP contribution in [0.1, 0.15) is 10.4 Å². The van der Waals surface area contributed by atoms with E-state index in [-0.39, 0.29) is 6.54 Å². The summed E-state index contributed by atoms with van der Waals surface area (Å²) in [6.45, 7) is 1.44. The van der Waals surface area contributed by atoms with Crippen LogP contribution in [-0.2, 0) is 14.8 Å². The molecule has 172 valence electrons. The molecule has 4 rings (SSSR count). The first-order valence-corrected chi connectivity index (χ1v) is 12.7. The van der Waals surface area contributed by atoms with Gasteiger partial charge < -0.3 is 4.74 Å². The van der Waals surface area contributed by atoms with E-state index >= 15 is 0 Å². The Bertz CT molecular complexity index is 1190. The third-order valence-electron chi connectivity index (χ3n) is 5.14. The number of carbonyl (C=O) groups is 2. The van der Waals surface area contributed by atoms with E-state index in [1.54, 1.807) is 41.8 Å². The number of thiophene rings is 1. The highest BCUT2D eigenvalue weighted by Crippen LogP contribution is 2.22. The Kier molecular flexibility index (Phi) is 7.19. The van der Waals surface area contributed by atoms with Crippen molar-refractivity contribution >= 4 is 33.2 Å². The normalized spacial score (nSPS) is 15.2. The first-order chi connectivity index (χ1) is 15.9. The Hall–Kier alpha value is -3.05. The van der Waals surface area contributed by atoms with E-state index in [1.807, 2.05) is 35.2 Å². The van der Waals surface area contributed by atoms with Crippen molar-refractivity contribution in [3.05, 3.63) is 77.7 Å². The van der Waals surface area contributed by atoms with Crippen molar-refractivity contribution in [2.45, 2.75) is 4.21 Å². The molecule has 0 saturated carbocycles. The number of sulfonamides is 1. The van der Waals surface area contributed by atoms with Gasteiger partial charge in [-0.2, -0.15) is 4.31 Å². The third-order valence-corrected chi connectivity index (χ3v) is 8.41. The summed E-state index contributed by atoms with van der Waals surface area (Å²) in [6, 6.07) is 19.1. The predicted octanol–water partition coefficient (Wildman–Crippen LogP) is 2.80. The van der Waals surface area contributed by atoms with Crippen LogP contribution in [0, 0.1) is 0 Å². The first-order valence-electron chi connectivity index (χ1n) is 10.3. The molecule has 0 radical (unpaired) electrons. The lowest BCUT2D eigenvalue weighted by atomic mass is 10.2. The van der Waals surface area contributed by atoms with E-state index in [2.05, 4.69) is 5.32 Å². The van der Waals surface area contributed by atoms with E-state index in [9.17, 15) is 18.0 Å². The number of hydrogen-bond donors (Lipinski definition) is 1. The highest BCUT2D eigenvalue weighted by atomic mass is 32.2. The fraction of sp³-hybridized carbons (Fsp3) is 0.217. The van der Waals surface area contributed by atoms with Gasteiger partial charge in [-0.25, -0.2) is 8.42 Å². The molecule has 1 aliphatic heterocycles. The van der Waals surface area contributed by atoms with E-state index < -0.39 is 21.8 Å². The number of benzene rings is 2. The van der Waals surface area contributed by atoms with Gasteiger partial charge in [0.15, 0.2) is 0 Å². The minimum atomic E-state index is -3.49. The molecule has 1 aliphatic rings. The number of nitrogens with one attached hydrogen (secondary N) is 1. The molecule has 2 heterocycles. The topological polar surface area (TPSA) is 96.0 Å².